The molecule has 1 aliphatic carbocycles. The van der Waals surface area contributed by atoms with Gasteiger partial charge in [0.1, 0.15) is 11.9 Å². The normalized spacial score (nSPS) is 29.3. The summed E-state index contributed by atoms with van der Waals surface area (Å²) < 4.78 is 7.05. The molecular weight excluding hydrogens is 266 g/mol. The fourth-order valence-electron chi connectivity index (χ4n) is 2.45. The van der Waals surface area contributed by atoms with Gasteiger partial charge in [0.2, 0.25) is 0 Å². The highest BCUT2D eigenvalue weighted by molar-refractivity contribution is 9.10. The van der Waals surface area contributed by atoms with E-state index in [0.717, 1.165) is 10.2 Å². The summed E-state index contributed by atoms with van der Waals surface area (Å²) in [6, 6.07) is 8.77. The molecule has 1 aromatic rings. The summed E-state index contributed by atoms with van der Waals surface area (Å²) in [6.45, 7) is 2.53. The molecule has 16 heavy (non-hydrogen) atoms. The van der Waals surface area contributed by atoms with Crippen LogP contribution in [0.2, 0.25) is 0 Å². The summed E-state index contributed by atoms with van der Waals surface area (Å²) in [7, 11) is 0. The number of halogens is 1. The van der Waals surface area contributed by atoms with Crippen LogP contribution in [0.5, 0.6) is 5.75 Å². The molecule has 1 aromatic carbocycles. The fraction of sp³-hybridized carbons (Fsp3) is 0.538. The van der Waals surface area contributed by atoms with Crippen molar-refractivity contribution in [2.75, 3.05) is 13.1 Å². The van der Waals surface area contributed by atoms with Gasteiger partial charge in [0, 0.05) is 6.42 Å². The van der Waals surface area contributed by atoms with Crippen molar-refractivity contribution in [2.24, 2.45) is 0 Å². The molecule has 1 heterocycles. The standard InChI is InChI=1S/C13H16BrNO/c14-10-5-1-2-6-12(10)16-13-9-11(13)15-7-3-4-8-15/h1-2,5-6,11,13H,3-4,7-9H2. The molecule has 2 nitrogen and oxygen atoms in total. The average Bonchev–Trinajstić information content (AvgIpc) is 2.85. The second kappa shape index (κ2) is 4.38. The minimum atomic E-state index is 0.414. The molecule has 2 unspecified atom stereocenters. The van der Waals surface area contributed by atoms with Crippen molar-refractivity contribution >= 4 is 15.9 Å². The molecule has 1 saturated carbocycles. The maximum Gasteiger partial charge on any atom is 0.133 e. The largest absolute Gasteiger partial charge is 0.488 e. The Hall–Kier alpha value is -0.540. The van der Waals surface area contributed by atoms with Crippen LogP contribution in [0, 0.1) is 0 Å². The second-order valence-corrected chi connectivity index (χ2v) is 5.49. The zero-order chi connectivity index (χ0) is 11.0. The van der Waals surface area contributed by atoms with Gasteiger partial charge < -0.3 is 4.74 Å². The topological polar surface area (TPSA) is 12.5 Å². The van der Waals surface area contributed by atoms with Crippen molar-refractivity contribution in [1.82, 2.24) is 4.90 Å². The Bertz CT molecular complexity index is 376. The zero-order valence-electron chi connectivity index (χ0n) is 9.23. The molecule has 0 amide bonds. The molecule has 0 spiro atoms. The van der Waals surface area contributed by atoms with Gasteiger partial charge in [-0.3, -0.25) is 4.90 Å². The molecule has 2 atom stereocenters. The number of likely N-dealkylation sites (tertiary alicyclic amines) is 1. The third-order valence-corrected chi connectivity index (χ3v) is 4.08. The summed E-state index contributed by atoms with van der Waals surface area (Å²) in [5.41, 5.74) is 0. The maximum absolute atomic E-state index is 5.99. The molecule has 0 N–H and O–H groups in total. The molecular formula is C13H16BrNO. The van der Waals surface area contributed by atoms with Crippen molar-refractivity contribution in [3.05, 3.63) is 28.7 Å². The molecule has 0 bridgehead atoms. The first-order valence-electron chi connectivity index (χ1n) is 6.00. The van der Waals surface area contributed by atoms with Gasteiger partial charge in [0.15, 0.2) is 0 Å². The number of nitrogens with zero attached hydrogens (tertiary/aromatic N) is 1. The minimum absolute atomic E-state index is 0.414. The predicted octanol–water partition coefficient (Wildman–Crippen LogP) is 3.06. The van der Waals surface area contributed by atoms with Gasteiger partial charge in [-0.05, 0) is 54.0 Å². The average molecular weight is 282 g/mol. The second-order valence-electron chi connectivity index (χ2n) is 4.63. The molecule has 2 aliphatic rings. The van der Waals surface area contributed by atoms with E-state index in [4.69, 9.17) is 4.74 Å². The number of rotatable bonds is 3. The van der Waals surface area contributed by atoms with Crippen LogP contribution in [0.25, 0.3) is 0 Å². The number of hydrogen-bond donors (Lipinski definition) is 0. The summed E-state index contributed by atoms with van der Waals surface area (Å²) in [6.07, 6.45) is 4.33. The van der Waals surface area contributed by atoms with Crippen molar-refractivity contribution in [1.29, 1.82) is 0 Å². The number of ether oxygens (including phenoxy) is 1. The quantitative estimate of drug-likeness (QED) is 0.844. The van der Waals surface area contributed by atoms with Crippen LogP contribution in [0.3, 0.4) is 0 Å². The Balaban J connectivity index is 1.59. The monoisotopic (exact) mass is 281 g/mol. The Morgan fingerprint density at radius 2 is 1.94 bits per heavy atom. The summed E-state index contributed by atoms with van der Waals surface area (Å²) >= 11 is 3.52. The van der Waals surface area contributed by atoms with Crippen LogP contribution in [0.4, 0.5) is 0 Å². The highest BCUT2D eigenvalue weighted by Crippen LogP contribution is 2.36. The highest BCUT2D eigenvalue weighted by atomic mass is 79.9. The molecule has 0 radical (unpaired) electrons. The Labute approximate surface area is 105 Å². The number of hydrogen-bond acceptors (Lipinski definition) is 2. The van der Waals surface area contributed by atoms with Crippen LogP contribution in [-0.4, -0.2) is 30.1 Å². The van der Waals surface area contributed by atoms with Crippen molar-refractivity contribution < 1.29 is 4.74 Å². The fourth-order valence-corrected chi connectivity index (χ4v) is 2.83. The van der Waals surface area contributed by atoms with E-state index < -0.39 is 0 Å². The van der Waals surface area contributed by atoms with E-state index in [1.54, 1.807) is 0 Å². The van der Waals surface area contributed by atoms with E-state index in [-0.39, 0.29) is 0 Å². The summed E-state index contributed by atoms with van der Waals surface area (Å²) in [5, 5.41) is 0. The number of benzene rings is 1. The summed E-state index contributed by atoms with van der Waals surface area (Å²) in [4.78, 5) is 2.57. The van der Waals surface area contributed by atoms with Crippen LogP contribution in [-0.2, 0) is 0 Å². The minimum Gasteiger partial charge on any atom is -0.488 e. The van der Waals surface area contributed by atoms with Gasteiger partial charge in [0.25, 0.3) is 0 Å². The first-order chi connectivity index (χ1) is 7.84. The zero-order valence-corrected chi connectivity index (χ0v) is 10.8. The predicted molar refractivity (Wildman–Crippen MR) is 67.8 cm³/mol. The Kier molecular flexibility index (Phi) is 2.90. The SMILES string of the molecule is Brc1ccccc1OC1CC1N1CCCC1. The molecule has 86 valence electrons. The van der Waals surface area contributed by atoms with E-state index in [1.807, 2.05) is 24.3 Å². The van der Waals surface area contributed by atoms with E-state index in [2.05, 4.69) is 20.8 Å². The molecule has 0 aromatic heterocycles. The smallest absolute Gasteiger partial charge is 0.133 e. The van der Waals surface area contributed by atoms with Crippen LogP contribution < -0.4 is 4.74 Å². The van der Waals surface area contributed by atoms with Crippen molar-refractivity contribution in [3.8, 4) is 5.75 Å². The molecule has 1 aliphatic heterocycles. The highest BCUT2D eigenvalue weighted by Gasteiger charge is 2.44. The van der Waals surface area contributed by atoms with Crippen molar-refractivity contribution in [3.63, 3.8) is 0 Å². The Morgan fingerprint density at radius 3 is 2.69 bits per heavy atom. The van der Waals surface area contributed by atoms with Gasteiger partial charge in [-0.1, -0.05) is 12.1 Å². The third kappa shape index (κ3) is 2.11. The van der Waals surface area contributed by atoms with Crippen molar-refractivity contribution in [2.45, 2.75) is 31.4 Å². The van der Waals surface area contributed by atoms with Gasteiger partial charge >= 0.3 is 0 Å². The third-order valence-electron chi connectivity index (χ3n) is 3.42. The summed E-state index contributed by atoms with van der Waals surface area (Å²) in [5.74, 6) is 0.981. The van der Waals surface area contributed by atoms with E-state index in [1.165, 1.54) is 32.4 Å². The lowest BCUT2D eigenvalue weighted by atomic mass is 10.3. The van der Waals surface area contributed by atoms with Gasteiger partial charge in [0.05, 0.1) is 10.5 Å². The number of para-hydroxylation sites is 1. The molecule has 2 fully saturated rings. The van der Waals surface area contributed by atoms with Gasteiger partial charge in [-0.25, -0.2) is 0 Å². The lowest BCUT2D eigenvalue weighted by molar-refractivity contribution is 0.230. The van der Waals surface area contributed by atoms with Crippen LogP contribution in [0.1, 0.15) is 19.3 Å². The molecule has 3 heteroatoms. The van der Waals surface area contributed by atoms with Gasteiger partial charge in [-0.2, -0.15) is 0 Å². The van der Waals surface area contributed by atoms with Crippen LogP contribution >= 0.6 is 15.9 Å². The van der Waals surface area contributed by atoms with Crippen LogP contribution in [0.15, 0.2) is 28.7 Å². The van der Waals surface area contributed by atoms with E-state index >= 15 is 0 Å². The van der Waals surface area contributed by atoms with E-state index in [9.17, 15) is 0 Å². The lowest BCUT2D eigenvalue weighted by Crippen LogP contribution is -2.25. The molecule has 3 rings (SSSR count). The Morgan fingerprint density at radius 1 is 1.19 bits per heavy atom. The first-order valence-corrected chi connectivity index (χ1v) is 6.79. The maximum atomic E-state index is 5.99. The molecule has 1 saturated heterocycles. The first kappa shape index (κ1) is 10.6. The van der Waals surface area contributed by atoms with E-state index in [0.29, 0.717) is 12.1 Å². The van der Waals surface area contributed by atoms with Gasteiger partial charge in [-0.15, -0.1) is 0 Å². The lowest BCUT2D eigenvalue weighted by Gasteiger charge is -2.14.